The molecule has 0 atom stereocenters. The molecule has 0 unspecified atom stereocenters. The molecular formula is C23H25N3O. The largest absolute Gasteiger partial charge is 0.347 e. The molecular weight excluding hydrogens is 334 g/mol. The van der Waals surface area contributed by atoms with Crippen molar-refractivity contribution in [2.75, 3.05) is 6.54 Å². The number of nitrogens with one attached hydrogen (secondary N) is 1. The van der Waals surface area contributed by atoms with Gasteiger partial charge in [-0.1, -0.05) is 60.7 Å². The summed E-state index contributed by atoms with van der Waals surface area (Å²) in [6.07, 6.45) is 1.05. The van der Waals surface area contributed by atoms with Crippen molar-refractivity contribution in [3.8, 4) is 0 Å². The lowest BCUT2D eigenvalue weighted by atomic mass is 10.2. The number of aromatic nitrogens is 1. The molecule has 4 rings (SSSR count). The summed E-state index contributed by atoms with van der Waals surface area (Å²) < 4.78 is 2.19. The van der Waals surface area contributed by atoms with E-state index in [1.807, 2.05) is 36.4 Å². The molecule has 27 heavy (non-hydrogen) atoms. The van der Waals surface area contributed by atoms with Crippen LogP contribution in [0.4, 0.5) is 0 Å². The third-order valence-electron chi connectivity index (χ3n) is 5.09. The number of rotatable bonds is 5. The van der Waals surface area contributed by atoms with Crippen LogP contribution in [0.25, 0.3) is 0 Å². The Morgan fingerprint density at radius 3 is 2.30 bits per heavy atom. The maximum Gasteiger partial charge on any atom is 0.268 e. The second-order valence-electron chi connectivity index (χ2n) is 7.08. The first-order valence-electron chi connectivity index (χ1n) is 9.56. The highest BCUT2D eigenvalue weighted by Gasteiger charge is 2.20. The van der Waals surface area contributed by atoms with Crippen molar-refractivity contribution in [1.29, 1.82) is 0 Å². The molecule has 0 aliphatic carbocycles. The van der Waals surface area contributed by atoms with Gasteiger partial charge in [-0.3, -0.25) is 9.69 Å². The molecule has 1 aliphatic heterocycles. The molecule has 1 N–H and O–H groups in total. The first kappa shape index (κ1) is 17.6. The van der Waals surface area contributed by atoms with Crippen LogP contribution in [0, 0.1) is 0 Å². The summed E-state index contributed by atoms with van der Waals surface area (Å²) in [5.74, 6) is 0.00149. The zero-order chi connectivity index (χ0) is 18.5. The fraction of sp³-hybridized carbons (Fsp3) is 0.261. The molecule has 3 aromatic rings. The Labute approximate surface area is 160 Å². The van der Waals surface area contributed by atoms with Gasteiger partial charge in [0.1, 0.15) is 5.69 Å². The summed E-state index contributed by atoms with van der Waals surface area (Å²) in [6, 6.07) is 24.7. The van der Waals surface area contributed by atoms with Crippen molar-refractivity contribution in [1.82, 2.24) is 14.8 Å². The zero-order valence-electron chi connectivity index (χ0n) is 15.5. The second-order valence-corrected chi connectivity index (χ2v) is 7.08. The predicted octanol–water partition coefficient (Wildman–Crippen LogP) is 3.82. The van der Waals surface area contributed by atoms with Crippen molar-refractivity contribution in [2.24, 2.45) is 0 Å². The second kappa shape index (κ2) is 8.23. The monoisotopic (exact) mass is 359 g/mol. The van der Waals surface area contributed by atoms with Crippen molar-refractivity contribution >= 4 is 5.91 Å². The number of hydrogen-bond donors (Lipinski definition) is 1. The van der Waals surface area contributed by atoms with Crippen LogP contribution in [-0.4, -0.2) is 21.9 Å². The number of carbonyl (C=O) groups excluding carboxylic acids is 1. The van der Waals surface area contributed by atoms with E-state index >= 15 is 0 Å². The standard InChI is InChI=1S/C23H25N3O/c27-23(24-16-19-8-3-1-4-9-19)22-13-12-21-18-25(14-7-15-26(21)22)17-20-10-5-2-6-11-20/h1-6,8-13H,7,14-18H2,(H,24,27). The number of nitrogens with zero attached hydrogens (tertiary/aromatic N) is 2. The van der Waals surface area contributed by atoms with Crippen molar-refractivity contribution in [3.63, 3.8) is 0 Å². The smallest absolute Gasteiger partial charge is 0.268 e. The Kier molecular flexibility index (Phi) is 5.35. The number of carbonyl (C=O) groups is 1. The van der Waals surface area contributed by atoms with Gasteiger partial charge in [0.15, 0.2) is 0 Å². The van der Waals surface area contributed by atoms with Gasteiger partial charge in [-0.2, -0.15) is 0 Å². The van der Waals surface area contributed by atoms with E-state index in [0.29, 0.717) is 6.54 Å². The van der Waals surface area contributed by atoms with Crippen LogP contribution < -0.4 is 5.32 Å². The van der Waals surface area contributed by atoms with Crippen LogP contribution in [0.15, 0.2) is 72.8 Å². The van der Waals surface area contributed by atoms with Crippen LogP contribution in [0.5, 0.6) is 0 Å². The Hall–Kier alpha value is -2.85. The highest BCUT2D eigenvalue weighted by molar-refractivity contribution is 5.92. The zero-order valence-corrected chi connectivity index (χ0v) is 15.5. The number of fused-ring (bicyclic) bond motifs is 1. The lowest BCUT2D eigenvalue weighted by molar-refractivity contribution is 0.0941. The minimum Gasteiger partial charge on any atom is -0.347 e. The third kappa shape index (κ3) is 4.29. The molecule has 4 nitrogen and oxygen atoms in total. The molecule has 1 aromatic heterocycles. The van der Waals surface area contributed by atoms with Gasteiger partial charge in [-0.05, 0) is 29.7 Å². The van der Waals surface area contributed by atoms with Gasteiger partial charge in [0, 0.05) is 38.4 Å². The molecule has 0 radical (unpaired) electrons. The normalized spacial score (nSPS) is 14.4. The fourth-order valence-corrected chi connectivity index (χ4v) is 3.72. The van der Waals surface area contributed by atoms with E-state index in [9.17, 15) is 4.79 Å². The minimum atomic E-state index is 0.00149. The Bertz CT molecular complexity index is 887. The molecule has 0 spiro atoms. The van der Waals surface area contributed by atoms with Crippen molar-refractivity contribution in [2.45, 2.75) is 32.6 Å². The third-order valence-corrected chi connectivity index (χ3v) is 5.09. The van der Waals surface area contributed by atoms with E-state index in [1.165, 1.54) is 11.3 Å². The first-order chi connectivity index (χ1) is 13.3. The quantitative estimate of drug-likeness (QED) is 0.752. The van der Waals surface area contributed by atoms with Crippen LogP contribution in [0.1, 0.15) is 33.7 Å². The SMILES string of the molecule is O=C(NCc1ccccc1)c1ccc2n1CCCN(Cc1ccccc1)C2. The number of amides is 1. The van der Waals surface area contributed by atoms with E-state index in [1.54, 1.807) is 0 Å². The number of benzene rings is 2. The van der Waals surface area contributed by atoms with Crippen molar-refractivity contribution in [3.05, 3.63) is 95.3 Å². The van der Waals surface area contributed by atoms with E-state index < -0.39 is 0 Å². The maximum atomic E-state index is 12.7. The fourth-order valence-electron chi connectivity index (χ4n) is 3.72. The van der Waals surface area contributed by atoms with Gasteiger partial charge in [-0.25, -0.2) is 0 Å². The summed E-state index contributed by atoms with van der Waals surface area (Å²) in [5.41, 5.74) is 4.43. The average molecular weight is 359 g/mol. The molecule has 2 heterocycles. The van der Waals surface area contributed by atoms with Gasteiger partial charge in [-0.15, -0.1) is 0 Å². The van der Waals surface area contributed by atoms with Crippen LogP contribution in [0.3, 0.4) is 0 Å². The van der Waals surface area contributed by atoms with Gasteiger partial charge < -0.3 is 9.88 Å². The summed E-state index contributed by atoms with van der Waals surface area (Å²) in [6.45, 7) is 4.31. The molecule has 2 aromatic carbocycles. The predicted molar refractivity (Wildman–Crippen MR) is 107 cm³/mol. The molecule has 0 saturated heterocycles. The molecule has 0 bridgehead atoms. The molecule has 1 amide bonds. The topological polar surface area (TPSA) is 37.3 Å². The van der Waals surface area contributed by atoms with Crippen LogP contribution in [0.2, 0.25) is 0 Å². The maximum absolute atomic E-state index is 12.7. The first-order valence-corrected chi connectivity index (χ1v) is 9.56. The lowest BCUT2D eigenvalue weighted by Gasteiger charge is -2.19. The average Bonchev–Trinajstić information content (AvgIpc) is 2.99. The highest BCUT2D eigenvalue weighted by atomic mass is 16.1. The summed E-state index contributed by atoms with van der Waals surface area (Å²) in [4.78, 5) is 15.1. The van der Waals surface area contributed by atoms with Crippen LogP contribution in [-0.2, 0) is 26.2 Å². The summed E-state index contributed by atoms with van der Waals surface area (Å²) in [5, 5.41) is 3.05. The van der Waals surface area contributed by atoms with E-state index in [4.69, 9.17) is 0 Å². The van der Waals surface area contributed by atoms with Crippen molar-refractivity contribution < 1.29 is 4.79 Å². The minimum absolute atomic E-state index is 0.00149. The molecule has 0 saturated carbocycles. The lowest BCUT2D eigenvalue weighted by Crippen LogP contribution is -2.26. The van der Waals surface area contributed by atoms with Gasteiger partial charge >= 0.3 is 0 Å². The highest BCUT2D eigenvalue weighted by Crippen LogP contribution is 2.19. The molecule has 138 valence electrons. The molecule has 1 aliphatic rings. The van der Waals surface area contributed by atoms with Gasteiger partial charge in [0.2, 0.25) is 0 Å². The molecule has 0 fully saturated rings. The van der Waals surface area contributed by atoms with Gasteiger partial charge in [0.05, 0.1) is 0 Å². The summed E-state index contributed by atoms with van der Waals surface area (Å²) >= 11 is 0. The van der Waals surface area contributed by atoms with E-state index in [-0.39, 0.29) is 5.91 Å². The van der Waals surface area contributed by atoms with Gasteiger partial charge in [0.25, 0.3) is 5.91 Å². The Balaban J connectivity index is 1.43. The number of hydrogen-bond acceptors (Lipinski definition) is 2. The van der Waals surface area contributed by atoms with E-state index in [0.717, 1.165) is 43.9 Å². The molecule has 4 heteroatoms. The van der Waals surface area contributed by atoms with E-state index in [2.05, 4.69) is 51.2 Å². The van der Waals surface area contributed by atoms with Crippen LogP contribution >= 0.6 is 0 Å². The summed E-state index contributed by atoms with van der Waals surface area (Å²) in [7, 11) is 0. The Morgan fingerprint density at radius 2 is 1.56 bits per heavy atom. The Morgan fingerprint density at radius 1 is 0.852 bits per heavy atom.